The molecule has 7 heteroatoms. The highest BCUT2D eigenvalue weighted by molar-refractivity contribution is 7.12. The number of nitrogens with two attached hydrogens (primary N) is 2. The summed E-state index contributed by atoms with van der Waals surface area (Å²) in [6, 6.07) is 3.23. The molecule has 1 aromatic rings. The average Bonchev–Trinajstić information content (AvgIpc) is 2.86. The largest absolute Gasteiger partial charge is 0.503 e. The molecule has 0 bridgehead atoms. The Bertz CT molecular complexity index is 396. The van der Waals surface area contributed by atoms with Crippen LogP contribution in [0, 0.1) is 0 Å². The Labute approximate surface area is 100 Å². The fraction of sp³-hybridized carbons (Fsp3) is 0.500. The molecular weight excluding hydrogens is 253 g/mol. The molecule has 0 aliphatic carbocycles. The van der Waals surface area contributed by atoms with Crippen LogP contribution in [0.1, 0.15) is 16.1 Å². The van der Waals surface area contributed by atoms with Crippen LogP contribution in [0.3, 0.4) is 0 Å². The molecule has 94 valence electrons. The maximum absolute atomic E-state index is 13.0. The van der Waals surface area contributed by atoms with Crippen LogP contribution < -0.4 is 10.6 Å². The summed E-state index contributed by atoms with van der Waals surface area (Å²) in [5.41, 5.74) is -2.02. The van der Waals surface area contributed by atoms with Crippen LogP contribution in [0.25, 0.3) is 0 Å². The molecule has 0 saturated carbocycles. The highest BCUT2D eigenvalue weighted by atomic mass is 32.1. The lowest BCUT2D eigenvalue weighted by atomic mass is 10.0. The molecule has 1 fully saturated rings. The Balaban J connectivity index is 2.17. The van der Waals surface area contributed by atoms with Crippen molar-refractivity contribution < 1.29 is 28.6 Å². The molecule has 0 aromatic carbocycles. The van der Waals surface area contributed by atoms with Crippen molar-refractivity contribution in [3.05, 3.63) is 22.4 Å². The summed E-state index contributed by atoms with van der Waals surface area (Å²) in [6.45, 7) is 0.772. The van der Waals surface area contributed by atoms with Gasteiger partial charge in [-0.3, -0.25) is 15.4 Å². The van der Waals surface area contributed by atoms with Crippen LogP contribution in [0.2, 0.25) is 0 Å². The number of rotatable bonds is 3. The normalized spacial score (nSPS) is 19.5. The third-order valence-electron chi connectivity index (χ3n) is 2.96. The van der Waals surface area contributed by atoms with Gasteiger partial charge in [0.1, 0.15) is 19.5 Å². The molecule has 0 amide bonds. The van der Waals surface area contributed by atoms with E-state index in [1.54, 1.807) is 17.5 Å². The summed E-state index contributed by atoms with van der Waals surface area (Å²) in [4.78, 5) is 12.2. The van der Waals surface area contributed by atoms with Crippen LogP contribution >= 0.6 is 11.3 Å². The van der Waals surface area contributed by atoms with Gasteiger partial charge in [0.05, 0.1) is 4.88 Å². The molecule has 1 aliphatic heterocycles. The number of hydrogen-bond donors (Lipinski definition) is 2. The minimum Gasteiger partial charge on any atom is -0.293 e. The predicted molar refractivity (Wildman–Crippen MR) is 55.6 cm³/mol. The Hall–Kier alpha value is -0.920. The second-order valence-corrected chi connectivity index (χ2v) is 5.05. The molecule has 0 radical (unpaired) electrons. The van der Waals surface area contributed by atoms with Crippen molar-refractivity contribution in [1.82, 2.24) is 0 Å². The maximum Gasteiger partial charge on any atom is 0.503 e. The first kappa shape index (κ1) is 12.5. The minimum atomic E-state index is -4.38. The summed E-state index contributed by atoms with van der Waals surface area (Å²) in [5, 5.41) is 4.13. The summed E-state index contributed by atoms with van der Waals surface area (Å²) in [6.07, 6.45) is -4.88. The Morgan fingerprint density at radius 2 is 2.06 bits per heavy atom. The SMILES string of the molecule is O=C(CC1(C(F)(F)F)[NH2+]CC[NH2+]1)c1cccs1. The molecule has 0 unspecified atom stereocenters. The predicted octanol–water partition coefficient (Wildman–Crippen LogP) is -0.280. The smallest absolute Gasteiger partial charge is 0.293 e. The van der Waals surface area contributed by atoms with E-state index in [0.29, 0.717) is 18.0 Å². The molecule has 1 aromatic heterocycles. The van der Waals surface area contributed by atoms with Crippen molar-refractivity contribution in [2.45, 2.75) is 18.3 Å². The molecule has 0 spiro atoms. The van der Waals surface area contributed by atoms with Crippen LogP contribution in [0.5, 0.6) is 0 Å². The summed E-state index contributed by atoms with van der Waals surface area (Å²) < 4.78 is 39.0. The van der Waals surface area contributed by atoms with Crippen molar-refractivity contribution in [2.75, 3.05) is 13.1 Å². The van der Waals surface area contributed by atoms with E-state index in [1.807, 2.05) is 0 Å². The lowest BCUT2D eigenvalue weighted by Crippen LogP contribution is -3.15. The van der Waals surface area contributed by atoms with Gasteiger partial charge in [0, 0.05) is 0 Å². The van der Waals surface area contributed by atoms with Gasteiger partial charge in [-0.2, -0.15) is 13.2 Å². The number of Topliss-reactive ketones (excluding diaryl/α,β-unsaturated/α-hetero) is 1. The fourth-order valence-electron chi connectivity index (χ4n) is 2.03. The van der Waals surface area contributed by atoms with Gasteiger partial charge < -0.3 is 0 Å². The molecule has 0 atom stereocenters. The zero-order valence-electron chi connectivity index (χ0n) is 8.96. The van der Waals surface area contributed by atoms with E-state index >= 15 is 0 Å². The number of quaternary nitrogens is 2. The van der Waals surface area contributed by atoms with Crippen molar-refractivity contribution in [2.24, 2.45) is 0 Å². The van der Waals surface area contributed by atoms with Crippen LogP contribution in [-0.4, -0.2) is 30.7 Å². The third-order valence-corrected chi connectivity index (χ3v) is 3.87. The zero-order chi connectivity index (χ0) is 12.5. The standard InChI is InChI=1S/C10H11F3N2OS/c11-10(12,13)9(14-3-4-15-9)6-7(16)8-2-1-5-17-8/h1-2,5,14-15H,3-4,6H2/p+2. The summed E-state index contributed by atoms with van der Waals surface area (Å²) in [7, 11) is 0. The van der Waals surface area contributed by atoms with E-state index < -0.39 is 24.0 Å². The molecule has 4 N–H and O–H groups in total. The van der Waals surface area contributed by atoms with Crippen LogP contribution in [-0.2, 0) is 0 Å². The zero-order valence-corrected chi connectivity index (χ0v) is 9.77. The number of carbonyl (C=O) groups excluding carboxylic acids is 1. The monoisotopic (exact) mass is 266 g/mol. The van der Waals surface area contributed by atoms with E-state index in [1.165, 1.54) is 22.0 Å². The van der Waals surface area contributed by atoms with E-state index in [4.69, 9.17) is 0 Å². The summed E-state index contributed by atoms with van der Waals surface area (Å²) in [5.74, 6) is -0.438. The van der Waals surface area contributed by atoms with Crippen molar-refractivity contribution in [3.8, 4) is 0 Å². The van der Waals surface area contributed by atoms with Crippen LogP contribution in [0.15, 0.2) is 17.5 Å². The number of hydrogen-bond acceptors (Lipinski definition) is 2. The highest BCUT2D eigenvalue weighted by Gasteiger charge is 2.65. The molecule has 3 nitrogen and oxygen atoms in total. The molecule has 1 saturated heterocycles. The second-order valence-electron chi connectivity index (χ2n) is 4.10. The van der Waals surface area contributed by atoms with Crippen molar-refractivity contribution >= 4 is 17.1 Å². The molecule has 17 heavy (non-hydrogen) atoms. The molecular formula is C10H13F3N2OS+2. The Morgan fingerprint density at radius 1 is 1.41 bits per heavy atom. The lowest BCUT2D eigenvalue weighted by Gasteiger charge is -2.23. The van der Waals surface area contributed by atoms with E-state index in [9.17, 15) is 18.0 Å². The minimum absolute atomic E-state index is 0.386. The van der Waals surface area contributed by atoms with E-state index in [0.717, 1.165) is 0 Å². The number of alkyl halides is 3. The fourth-order valence-corrected chi connectivity index (χ4v) is 2.70. The first-order valence-corrected chi connectivity index (χ1v) is 6.15. The third kappa shape index (κ3) is 2.36. The van der Waals surface area contributed by atoms with Gasteiger partial charge >= 0.3 is 11.8 Å². The Morgan fingerprint density at radius 3 is 2.53 bits per heavy atom. The number of thiophene rings is 1. The Kier molecular flexibility index (Phi) is 3.24. The van der Waals surface area contributed by atoms with Gasteiger partial charge in [-0.25, -0.2) is 0 Å². The van der Waals surface area contributed by atoms with Crippen molar-refractivity contribution in [1.29, 1.82) is 0 Å². The second kappa shape index (κ2) is 4.40. The average molecular weight is 266 g/mol. The van der Waals surface area contributed by atoms with Gasteiger partial charge in [-0.1, -0.05) is 6.07 Å². The highest BCUT2D eigenvalue weighted by Crippen LogP contribution is 2.27. The van der Waals surface area contributed by atoms with Gasteiger partial charge in [-0.15, -0.1) is 11.3 Å². The van der Waals surface area contributed by atoms with Crippen LogP contribution in [0.4, 0.5) is 13.2 Å². The van der Waals surface area contributed by atoms with Gasteiger partial charge in [0.15, 0.2) is 5.78 Å². The van der Waals surface area contributed by atoms with E-state index in [-0.39, 0.29) is 0 Å². The molecule has 1 aliphatic rings. The van der Waals surface area contributed by atoms with Crippen molar-refractivity contribution in [3.63, 3.8) is 0 Å². The van der Waals surface area contributed by atoms with Gasteiger partial charge in [0.2, 0.25) is 0 Å². The molecule has 2 rings (SSSR count). The number of halogens is 3. The molecule has 2 heterocycles. The van der Waals surface area contributed by atoms with Gasteiger partial charge in [0.25, 0.3) is 0 Å². The number of ketones is 1. The first-order valence-electron chi connectivity index (χ1n) is 5.27. The quantitative estimate of drug-likeness (QED) is 0.726. The van der Waals surface area contributed by atoms with E-state index in [2.05, 4.69) is 0 Å². The first-order chi connectivity index (χ1) is 7.95. The summed E-state index contributed by atoms with van der Waals surface area (Å²) >= 11 is 1.18. The maximum atomic E-state index is 13.0. The lowest BCUT2D eigenvalue weighted by molar-refractivity contribution is -0.911. The topological polar surface area (TPSA) is 50.3 Å². The number of carbonyl (C=O) groups is 1. The van der Waals surface area contributed by atoms with Gasteiger partial charge in [-0.05, 0) is 11.4 Å².